The van der Waals surface area contributed by atoms with Gasteiger partial charge in [-0.2, -0.15) is 4.31 Å². The minimum atomic E-state index is -3.47. The molecule has 2 aromatic carbocycles. The highest BCUT2D eigenvalue weighted by Crippen LogP contribution is 2.23. The maximum atomic E-state index is 12.5. The summed E-state index contributed by atoms with van der Waals surface area (Å²) in [5.41, 5.74) is 2.63. The minimum absolute atomic E-state index is 0.229. The molecule has 6 heteroatoms. The zero-order valence-corrected chi connectivity index (χ0v) is 17.7. The zero-order valence-electron chi connectivity index (χ0n) is 16.8. The molecular formula is C22H28N2O3S. The molecule has 28 heavy (non-hydrogen) atoms. The van der Waals surface area contributed by atoms with Gasteiger partial charge in [-0.1, -0.05) is 58.0 Å². The van der Waals surface area contributed by atoms with Crippen LogP contribution < -0.4 is 5.32 Å². The first-order chi connectivity index (χ1) is 13.3. The van der Waals surface area contributed by atoms with Gasteiger partial charge in [-0.15, -0.1) is 0 Å². The zero-order chi connectivity index (χ0) is 20.7. The Balaban J connectivity index is 2.10. The van der Waals surface area contributed by atoms with Crippen molar-refractivity contribution >= 4 is 27.7 Å². The summed E-state index contributed by atoms with van der Waals surface area (Å²) in [5, 5.41) is 2.90. The van der Waals surface area contributed by atoms with Gasteiger partial charge in [0.2, 0.25) is 15.9 Å². The van der Waals surface area contributed by atoms with Gasteiger partial charge in [0.25, 0.3) is 0 Å². The third kappa shape index (κ3) is 5.30. The highest BCUT2D eigenvalue weighted by atomic mass is 32.2. The van der Waals surface area contributed by atoms with Crippen molar-refractivity contribution in [1.29, 1.82) is 0 Å². The Labute approximate surface area is 168 Å². The molecule has 0 aliphatic rings. The normalized spacial score (nSPS) is 12.1. The summed E-state index contributed by atoms with van der Waals surface area (Å²) in [6, 6.07) is 14.3. The first kappa shape index (κ1) is 21.9. The molecule has 1 N–H and O–H groups in total. The maximum absolute atomic E-state index is 12.5. The van der Waals surface area contributed by atoms with E-state index < -0.39 is 10.0 Å². The lowest BCUT2D eigenvalue weighted by molar-refractivity contribution is -0.111. The molecule has 0 aliphatic heterocycles. The SMILES string of the molecule is CCN(CC)S(=O)(=O)c1ccc(/C=C/C(=O)Nc2ccccc2C(C)C)cc1. The van der Waals surface area contributed by atoms with E-state index in [9.17, 15) is 13.2 Å². The van der Waals surface area contributed by atoms with E-state index in [-0.39, 0.29) is 10.8 Å². The molecule has 2 rings (SSSR count). The van der Waals surface area contributed by atoms with Crippen LogP contribution in [0.15, 0.2) is 59.5 Å². The van der Waals surface area contributed by atoms with Crippen LogP contribution in [0, 0.1) is 0 Å². The van der Waals surface area contributed by atoms with Gasteiger partial charge in [-0.3, -0.25) is 4.79 Å². The van der Waals surface area contributed by atoms with Crippen molar-refractivity contribution in [2.24, 2.45) is 0 Å². The Hall–Kier alpha value is -2.44. The van der Waals surface area contributed by atoms with Crippen LogP contribution in [-0.2, 0) is 14.8 Å². The van der Waals surface area contributed by atoms with Crippen LogP contribution in [0.25, 0.3) is 6.08 Å². The molecule has 0 aliphatic carbocycles. The number of hydrogen-bond donors (Lipinski definition) is 1. The van der Waals surface area contributed by atoms with Crippen molar-refractivity contribution in [3.8, 4) is 0 Å². The lowest BCUT2D eigenvalue weighted by Gasteiger charge is -2.18. The van der Waals surface area contributed by atoms with Crippen LogP contribution in [0.2, 0.25) is 0 Å². The molecule has 0 saturated carbocycles. The summed E-state index contributed by atoms with van der Waals surface area (Å²) in [4.78, 5) is 12.5. The molecule has 0 radical (unpaired) electrons. The summed E-state index contributed by atoms with van der Waals surface area (Å²) in [6.07, 6.45) is 3.12. The fourth-order valence-corrected chi connectivity index (χ4v) is 4.38. The van der Waals surface area contributed by atoms with Gasteiger partial charge in [0.1, 0.15) is 0 Å². The Bertz CT molecular complexity index is 929. The molecule has 0 atom stereocenters. The van der Waals surface area contributed by atoms with Crippen LogP contribution in [0.1, 0.15) is 44.7 Å². The van der Waals surface area contributed by atoms with E-state index in [0.29, 0.717) is 19.0 Å². The Kier molecular flexibility index (Phi) is 7.54. The number of para-hydroxylation sites is 1. The molecule has 2 aromatic rings. The number of anilines is 1. The third-order valence-corrected chi connectivity index (χ3v) is 6.56. The molecule has 0 spiro atoms. The number of nitrogens with zero attached hydrogens (tertiary/aromatic N) is 1. The molecule has 0 unspecified atom stereocenters. The van der Waals surface area contributed by atoms with Crippen molar-refractivity contribution in [3.05, 3.63) is 65.7 Å². The summed E-state index contributed by atoms with van der Waals surface area (Å²) in [5.74, 6) is 0.0775. The molecule has 5 nitrogen and oxygen atoms in total. The number of nitrogens with one attached hydrogen (secondary N) is 1. The van der Waals surface area contributed by atoms with Gasteiger partial charge < -0.3 is 5.32 Å². The van der Waals surface area contributed by atoms with Gasteiger partial charge in [-0.25, -0.2) is 8.42 Å². The fraction of sp³-hybridized carbons (Fsp3) is 0.318. The van der Waals surface area contributed by atoms with E-state index in [1.165, 1.54) is 10.4 Å². The molecule has 0 saturated heterocycles. The Morgan fingerprint density at radius 2 is 1.64 bits per heavy atom. The van der Waals surface area contributed by atoms with E-state index >= 15 is 0 Å². The van der Waals surface area contributed by atoms with Crippen molar-refractivity contribution in [3.63, 3.8) is 0 Å². The number of hydrogen-bond acceptors (Lipinski definition) is 3. The predicted octanol–water partition coefficient (Wildman–Crippen LogP) is 4.49. The van der Waals surface area contributed by atoms with Crippen LogP contribution in [-0.4, -0.2) is 31.7 Å². The number of carbonyl (C=O) groups is 1. The first-order valence-corrected chi connectivity index (χ1v) is 10.9. The second kappa shape index (κ2) is 9.66. The van der Waals surface area contributed by atoms with Crippen molar-refractivity contribution < 1.29 is 13.2 Å². The smallest absolute Gasteiger partial charge is 0.248 e. The third-order valence-electron chi connectivity index (χ3n) is 4.49. The van der Waals surface area contributed by atoms with E-state index in [1.54, 1.807) is 30.3 Å². The van der Waals surface area contributed by atoms with Crippen LogP contribution in [0.3, 0.4) is 0 Å². The topological polar surface area (TPSA) is 66.5 Å². The number of carbonyl (C=O) groups excluding carboxylic acids is 1. The maximum Gasteiger partial charge on any atom is 0.248 e. The van der Waals surface area contributed by atoms with E-state index in [1.807, 2.05) is 38.1 Å². The fourth-order valence-electron chi connectivity index (χ4n) is 2.92. The molecular weight excluding hydrogens is 372 g/mol. The van der Waals surface area contributed by atoms with Crippen LogP contribution in [0.5, 0.6) is 0 Å². The number of amides is 1. The second-order valence-electron chi connectivity index (χ2n) is 6.72. The highest BCUT2D eigenvalue weighted by Gasteiger charge is 2.20. The summed E-state index contributed by atoms with van der Waals surface area (Å²) < 4.78 is 26.4. The molecule has 1 amide bonds. The lowest BCUT2D eigenvalue weighted by atomic mass is 10.0. The van der Waals surface area contributed by atoms with Crippen molar-refractivity contribution in [2.45, 2.75) is 38.5 Å². The average molecular weight is 401 g/mol. The van der Waals surface area contributed by atoms with E-state index in [2.05, 4.69) is 19.2 Å². The number of sulfonamides is 1. The van der Waals surface area contributed by atoms with Crippen molar-refractivity contribution in [1.82, 2.24) is 4.31 Å². The highest BCUT2D eigenvalue weighted by molar-refractivity contribution is 7.89. The average Bonchev–Trinajstić information content (AvgIpc) is 2.67. The minimum Gasteiger partial charge on any atom is -0.322 e. The van der Waals surface area contributed by atoms with E-state index in [4.69, 9.17) is 0 Å². The Morgan fingerprint density at radius 1 is 1.04 bits per heavy atom. The van der Waals surface area contributed by atoms with Crippen molar-refractivity contribution in [2.75, 3.05) is 18.4 Å². The second-order valence-corrected chi connectivity index (χ2v) is 8.66. The van der Waals surface area contributed by atoms with Gasteiger partial charge in [0.05, 0.1) is 4.90 Å². The molecule has 0 aromatic heterocycles. The Morgan fingerprint density at radius 3 is 2.21 bits per heavy atom. The first-order valence-electron chi connectivity index (χ1n) is 9.47. The van der Waals surface area contributed by atoms with E-state index in [0.717, 1.165) is 16.8 Å². The van der Waals surface area contributed by atoms with Gasteiger partial charge >= 0.3 is 0 Å². The molecule has 0 fully saturated rings. The molecule has 0 bridgehead atoms. The molecule has 150 valence electrons. The van der Waals surface area contributed by atoms with Gasteiger partial charge in [0.15, 0.2) is 0 Å². The monoisotopic (exact) mass is 400 g/mol. The summed E-state index contributed by atoms with van der Waals surface area (Å²) >= 11 is 0. The number of rotatable bonds is 8. The predicted molar refractivity (Wildman–Crippen MR) is 115 cm³/mol. The van der Waals surface area contributed by atoms with Crippen LogP contribution >= 0.6 is 0 Å². The molecule has 0 heterocycles. The van der Waals surface area contributed by atoms with Gasteiger partial charge in [-0.05, 0) is 41.3 Å². The summed E-state index contributed by atoms with van der Waals surface area (Å²) in [7, 11) is -3.47. The standard InChI is InChI=1S/C22H28N2O3S/c1-5-24(6-2)28(26,27)19-14-11-18(12-15-19)13-16-22(25)23-21-10-8-7-9-20(21)17(3)4/h7-17H,5-6H2,1-4H3,(H,23,25)/b16-13+. The largest absolute Gasteiger partial charge is 0.322 e. The van der Waals surface area contributed by atoms with Gasteiger partial charge in [0, 0.05) is 24.9 Å². The van der Waals surface area contributed by atoms with Crippen LogP contribution in [0.4, 0.5) is 5.69 Å². The quantitative estimate of drug-likeness (QED) is 0.664. The lowest BCUT2D eigenvalue weighted by Crippen LogP contribution is -2.30. The number of benzene rings is 2. The summed E-state index contributed by atoms with van der Waals surface area (Å²) in [6.45, 7) is 8.64.